The number of rotatable bonds is 6. The minimum atomic E-state index is -0.824. The van der Waals surface area contributed by atoms with Gasteiger partial charge in [0.15, 0.2) is 0 Å². The zero-order chi connectivity index (χ0) is 15.9. The van der Waals surface area contributed by atoms with Crippen molar-refractivity contribution in [3.05, 3.63) is 65.0 Å². The van der Waals surface area contributed by atoms with Crippen molar-refractivity contribution in [2.45, 2.75) is 19.4 Å². The van der Waals surface area contributed by atoms with Crippen LogP contribution in [0.2, 0.25) is 0 Å². The quantitative estimate of drug-likeness (QED) is 0.888. The highest BCUT2D eigenvalue weighted by molar-refractivity contribution is 5.67. The normalized spacial score (nSPS) is 10.0. The van der Waals surface area contributed by atoms with Gasteiger partial charge >= 0.3 is 5.97 Å². The first-order valence-corrected chi connectivity index (χ1v) is 6.70. The first kappa shape index (κ1) is 15.5. The van der Waals surface area contributed by atoms with E-state index in [1.165, 1.54) is 12.1 Å². The maximum atomic E-state index is 13.4. The molecule has 0 fully saturated rings. The standard InChI is InChI=1S/C17H14FNO3/c18-16-9-15(7-6-14(16)10-19)22-11-13-3-1-12(2-4-13)5-8-17(20)21/h1-4,6-7,9H,5,8,11H2,(H,20,21). The monoisotopic (exact) mass is 299 g/mol. The van der Waals surface area contributed by atoms with Crippen LogP contribution in [0.1, 0.15) is 23.1 Å². The Hall–Kier alpha value is -2.87. The van der Waals surface area contributed by atoms with Gasteiger partial charge in [-0.3, -0.25) is 4.79 Å². The zero-order valence-corrected chi connectivity index (χ0v) is 11.8. The number of hydrogen-bond donors (Lipinski definition) is 1. The van der Waals surface area contributed by atoms with E-state index >= 15 is 0 Å². The molecule has 0 spiro atoms. The van der Waals surface area contributed by atoms with E-state index in [4.69, 9.17) is 15.1 Å². The lowest BCUT2D eigenvalue weighted by atomic mass is 10.1. The van der Waals surface area contributed by atoms with Crippen molar-refractivity contribution in [2.24, 2.45) is 0 Å². The van der Waals surface area contributed by atoms with Crippen molar-refractivity contribution in [2.75, 3.05) is 0 Å². The topological polar surface area (TPSA) is 70.3 Å². The van der Waals surface area contributed by atoms with E-state index in [0.29, 0.717) is 12.2 Å². The van der Waals surface area contributed by atoms with Gasteiger partial charge in [0, 0.05) is 12.5 Å². The molecule has 0 atom stereocenters. The Kier molecular flexibility index (Phi) is 5.10. The van der Waals surface area contributed by atoms with Crippen LogP contribution in [0, 0.1) is 17.1 Å². The summed E-state index contributed by atoms with van der Waals surface area (Å²) in [7, 11) is 0. The number of carbonyl (C=O) groups is 1. The highest BCUT2D eigenvalue weighted by Crippen LogP contribution is 2.17. The summed E-state index contributed by atoms with van der Waals surface area (Å²) in [4.78, 5) is 10.5. The summed E-state index contributed by atoms with van der Waals surface area (Å²) >= 11 is 0. The summed E-state index contributed by atoms with van der Waals surface area (Å²) in [6, 6.07) is 13.2. The molecule has 0 aliphatic heterocycles. The lowest BCUT2D eigenvalue weighted by molar-refractivity contribution is -0.136. The van der Waals surface area contributed by atoms with Gasteiger partial charge in [0.1, 0.15) is 24.2 Å². The fraction of sp³-hybridized carbons (Fsp3) is 0.176. The first-order valence-electron chi connectivity index (χ1n) is 6.70. The summed E-state index contributed by atoms with van der Waals surface area (Å²) < 4.78 is 18.9. The van der Waals surface area contributed by atoms with Crippen LogP contribution in [0.15, 0.2) is 42.5 Å². The number of aliphatic carboxylic acids is 1. The Morgan fingerprint density at radius 2 is 1.86 bits per heavy atom. The van der Waals surface area contributed by atoms with E-state index in [0.717, 1.165) is 11.1 Å². The van der Waals surface area contributed by atoms with Crippen LogP contribution in [0.3, 0.4) is 0 Å². The lowest BCUT2D eigenvalue weighted by Gasteiger charge is -2.07. The van der Waals surface area contributed by atoms with Gasteiger partial charge in [-0.1, -0.05) is 24.3 Å². The smallest absolute Gasteiger partial charge is 0.303 e. The van der Waals surface area contributed by atoms with Gasteiger partial charge in [-0.05, 0) is 29.7 Å². The molecule has 4 nitrogen and oxygen atoms in total. The molecular formula is C17H14FNO3. The van der Waals surface area contributed by atoms with E-state index < -0.39 is 11.8 Å². The van der Waals surface area contributed by atoms with E-state index in [2.05, 4.69) is 0 Å². The largest absolute Gasteiger partial charge is 0.489 e. The number of nitrogens with zero attached hydrogens (tertiary/aromatic N) is 1. The Bertz CT molecular complexity index is 705. The molecule has 0 aliphatic rings. The SMILES string of the molecule is N#Cc1ccc(OCc2ccc(CCC(=O)O)cc2)cc1F. The molecule has 0 bridgehead atoms. The Balaban J connectivity index is 1.93. The molecule has 0 aromatic heterocycles. The minimum absolute atomic E-state index is 0.0184. The molecule has 22 heavy (non-hydrogen) atoms. The fourth-order valence-electron chi connectivity index (χ4n) is 1.90. The van der Waals surface area contributed by atoms with Crippen molar-refractivity contribution in [3.8, 4) is 11.8 Å². The second-order valence-corrected chi connectivity index (χ2v) is 4.75. The maximum Gasteiger partial charge on any atom is 0.303 e. The van der Waals surface area contributed by atoms with Crippen LogP contribution < -0.4 is 4.74 Å². The molecule has 1 N–H and O–H groups in total. The second kappa shape index (κ2) is 7.23. The van der Waals surface area contributed by atoms with Gasteiger partial charge in [-0.15, -0.1) is 0 Å². The van der Waals surface area contributed by atoms with Crippen molar-refractivity contribution < 1.29 is 19.0 Å². The first-order chi connectivity index (χ1) is 10.6. The van der Waals surface area contributed by atoms with Gasteiger partial charge < -0.3 is 9.84 Å². The lowest BCUT2D eigenvalue weighted by Crippen LogP contribution is -1.99. The van der Waals surface area contributed by atoms with Crippen molar-refractivity contribution >= 4 is 5.97 Å². The van der Waals surface area contributed by atoms with Crippen LogP contribution in [0.5, 0.6) is 5.75 Å². The van der Waals surface area contributed by atoms with E-state index in [1.807, 2.05) is 24.3 Å². The molecule has 5 heteroatoms. The van der Waals surface area contributed by atoms with Crippen LogP contribution in [0.4, 0.5) is 4.39 Å². The molecule has 0 saturated heterocycles. The summed E-state index contributed by atoms with van der Waals surface area (Å²) in [6.07, 6.45) is 0.581. The minimum Gasteiger partial charge on any atom is -0.489 e. The van der Waals surface area contributed by atoms with Gasteiger partial charge in [0.25, 0.3) is 0 Å². The highest BCUT2D eigenvalue weighted by Gasteiger charge is 2.04. The molecular weight excluding hydrogens is 285 g/mol. The van der Waals surface area contributed by atoms with Crippen molar-refractivity contribution in [1.29, 1.82) is 5.26 Å². The number of nitriles is 1. The van der Waals surface area contributed by atoms with Crippen LogP contribution in [0.25, 0.3) is 0 Å². The molecule has 0 unspecified atom stereocenters. The molecule has 0 aliphatic carbocycles. The highest BCUT2D eigenvalue weighted by atomic mass is 19.1. The van der Waals surface area contributed by atoms with E-state index in [9.17, 15) is 9.18 Å². The molecule has 0 amide bonds. The van der Waals surface area contributed by atoms with Gasteiger partial charge in [0.2, 0.25) is 0 Å². The number of carboxylic acids is 1. The van der Waals surface area contributed by atoms with Gasteiger partial charge in [0.05, 0.1) is 5.56 Å². The third-order valence-electron chi connectivity index (χ3n) is 3.12. The summed E-state index contributed by atoms with van der Waals surface area (Å²) in [6.45, 7) is 0.268. The molecule has 0 radical (unpaired) electrons. The summed E-state index contributed by atoms with van der Waals surface area (Å²) in [5.41, 5.74) is 1.81. The molecule has 2 aromatic rings. The number of benzene rings is 2. The van der Waals surface area contributed by atoms with Crippen molar-refractivity contribution in [1.82, 2.24) is 0 Å². The average molecular weight is 299 g/mol. The zero-order valence-electron chi connectivity index (χ0n) is 11.8. The van der Waals surface area contributed by atoms with E-state index in [-0.39, 0.29) is 18.6 Å². The van der Waals surface area contributed by atoms with Crippen LogP contribution in [-0.4, -0.2) is 11.1 Å². The van der Waals surface area contributed by atoms with Crippen LogP contribution >= 0.6 is 0 Å². The Labute approximate surface area is 127 Å². The third-order valence-corrected chi connectivity index (χ3v) is 3.12. The maximum absolute atomic E-state index is 13.4. The number of ether oxygens (including phenoxy) is 1. The Morgan fingerprint density at radius 1 is 1.18 bits per heavy atom. The molecule has 0 saturated carbocycles. The predicted octanol–water partition coefficient (Wildman–Crippen LogP) is 3.29. The van der Waals surface area contributed by atoms with Gasteiger partial charge in [-0.2, -0.15) is 5.26 Å². The summed E-state index contributed by atoms with van der Waals surface area (Å²) in [5.74, 6) is -1.08. The molecule has 0 heterocycles. The average Bonchev–Trinajstić information content (AvgIpc) is 2.52. The second-order valence-electron chi connectivity index (χ2n) is 4.75. The number of carboxylic acid groups (broad SMARTS) is 1. The van der Waals surface area contributed by atoms with Crippen LogP contribution in [-0.2, 0) is 17.8 Å². The third kappa shape index (κ3) is 4.32. The number of halogens is 1. The van der Waals surface area contributed by atoms with Gasteiger partial charge in [-0.25, -0.2) is 4.39 Å². The predicted molar refractivity (Wildman–Crippen MR) is 77.8 cm³/mol. The molecule has 112 valence electrons. The Morgan fingerprint density at radius 3 is 2.45 bits per heavy atom. The summed E-state index contributed by atoms with van der Waals surface area (Å²) in [5, 5.41) is 17.3. The molecule has 2 rings (SSSR count). The van der Waals surface area contributed by atoms with Crippen molar-refractivity contribution in [3.63, 3.8) is 0 Å². The fourth-order valence-corrected chi connectivity index (χ4v) is 1.90. The number of hydrogen-bond acceptors (Lipinski definition) is 3. The molecule has 2 aromatic carbocycles. The number of aryl methyl sites for hydroxylation is 1. The van der Waals surface area contributed by atoms with E-state index in [1.54, 1.807) is 12.1 Å².